The molecule has 1 aromatic carbocycles. The third-order valence-corrected chi connectivity index (χ3v) is 3.39. The van der Waals surface area contributed by atoms with Gasteiger partial charge in [0.15, 0.2) is 11.5 Å². The first-order valence-corrected chi connectivity index (χ1v) is 7.66. The lowest BCUT2D eigenvalue weighted by molar-refractivity contribution is 0.281. The SMILES string of the molecule is CCCCCCOc1c(CNC)cc(Br)cc1OC. The highest BCUT2D eigenvalue weighted by Crippen LogP contribution is 2.35. The molecule has 0 saturated carbocycles. The van der Waals surface area contributed by atoms with E-state index in [1.165, 1.54) is 19.3 Å². The van der Waals surface area contributed by atoms with Crippen LogP contribution in [-0.2, 0) is 6.54 Å². The van der Waals surface area contributed by atoms with Gasteiger partial charge in [-0.1, -0.05) is 42.1 Å². The third-order valence-electron chi connectivity index (χ3n) is 2.93. The summed E-state index contributed by atoms with van der Waals surface area (Å²) in [5, 5.41) is 3.16. The number of halogens is 1. The van der Waals surface area contributed by atoms with E-state index in [1.54, 1.807) is 7.11 Å². The number of rotatable bonds is 9. The smallest absolute Gasteiger partial charge is 0.165 e. The molecule has 0 fully saturated rings. The summed E-state index contributed by atoms with van der Waals surface area (Å²) >= 11 is 3.50. The molecule has 0 radical (unpaired) electrons. The average molecular weight is 330 g/mol. The number of benzene rings is 1. The van der Waals surface area contributed by atoms with Crippen LogP contribution in [0, 0.1) is 0 Å². The molecule has 0 spiro atoms. The van der Waals surface area contributed by atoms with E-state index < -0.39 is 0 Å². The Morgan fingerprint density at radius 2 is 2.00 bits per heavy atom. The van der Waals surface area contributed by atoms with Crippen LogP contribution in [-0.4, -0.2) is 20.8 Å². The van der Waals surface area contributed by atoms with Gasteiger partial charge in [-0.3, -0.25) is 0 Å². The molecule has 0 unspecified atom stereocenters. The van der Waals surface area contributed by atoms with Gasteiger partial charge >= 0.3 is 0 Å². The van der Waals surface area contributed by atoms with E-state index >= 15 is 0 Å². The number of ether oxygens (including phenoxy) is 2. The molecule has 1 N–H and O–H groups in total. The van der Waals surface area contributed by atoms with Gasteiger partial charge in [0, 0.05) is 16.6 Å². The van der Waals surface area contributed by atoms with Gasteiger partial charge in [-0.15, -0.1) is 0 Å². The van der Waals surface area contributed by atoms with Gasteiger partial charge in [-0.2, -0.15) is 0 Å². The van der Waals surface area contributed by atoms with Crippen molar-refractivity contribution in [1.29, 1.82) is 0 Å². The Bertz CT molecular complexity index is 383. The van der Waals surface area contributed by atoms with Gasteiger partial charge in [0.05, 0.1) is 13.7 Å². The van der Waals surface area contributed by atoms with Crippen molar-refractivity contribution < 1.29 is 9.47 Å². The van der Waals surface area contributed by atoms with Gasteiger partial charge in [0.25, 0.3) is 0 Å². The average Bonchev–Trinajstić information content (AvgIpc) is 2.40. The summed E-state index contributed by atoms with van der Waals surface area (Å²) in [7, 11) is 3.60. The minimum absolute atomic E-state index is 0.745. The normalized spacial score (nSPS) is 10.5. The van der Waals surface area contributed by atoms with E-state index in [1.807, 2.05) is 13.1 Å². The minimum Gasteiger partial charge on any atom is -0.493 e. The molecule has 0 aliphatic carbocycles. The van der Waals surface area contributed by atoms with Crippen LogP contribution in [0.4, 0.5) is 0 Å². The lowest BCUT2D eigenvalue weighted by atomic mass is 10.1. The van der Waals surface area contributed by atoms with Crippen LogP contribution >= 0.6 is 15.9 Å². The van der Waals surface area contributed by atoms with Crippen molar-refractivity contribution in [2.75, 3.05) is 20.8 Å². The second kappa shape index (κ2) is 9.21. The Labute approximate surface area is 124 Å². The Balaban J connectivity index is 2.72. The van der Waals surface area contributed by atoms with Crippen LogP contribution in [0.1, 0.15) is 38.2 Å². The predicted octanol–water partition coefficient (Wildman–Crippen LogP) is 4.14. The maximum atomic E-state index is 5.93. The van der Waals surface area contributed by atoms with Gasteiger partial charge in [0.1, 0.15) is 0 Å². The fourth-order valence-corrected chi connectivity index (χ4v) is 2.45. The lowest BCUT2D eigenvalue weighted by Crippen LogP contribution is -2.09. The van der Waals surface area contributed by atoms with Crippen LogP contribution < -0.4 is 14.8 Å². The molecule has 19 heavy (non-hydrogen) atoms. The van der Waals surface area contributed by atoms with E-state index in [2.05, 4.69) is 34.2 Å². The molecule has 3 nitrogen and oxygen atoms in total. The van der Waals surface area contributed by atoms with Crippen molar-refractivity contribution in [2.24, 2.45) is 0 Å². The lowest BCUT2D eigenvalue weighted by Gasteiger charge is -2.15. The standard InChI is InChI=1S/C15H24BrNO2/c1-4-5-6-7-8-19-15-12(11-17-2)9-13(16)10-14(15)18-3/h9-10,17H,4-8,11H2,1-3H3. The number of methoxy groups -OCH3 is 1. The molecule has 1 rings (SSSR count). The summed E-state index contributed by atoms with van der Waals surface area (Å²) < 4.78 is 12.3. The van der Waals surface area contributed by atoms with Gasteiger partial charge < -0.3 is 14.8 Å². The number of unbranched alkanes of at least 4 members (excludes halogenated alkanes) is 3. The zero-order valence-electron chi connectivity index (χ0n) is 12.1. The van der Waals surface area contributed by atoms with Crippen molar-refractivity contribution in [3.63, 3.8) is 0 Å². The fraction of sp³-hybridized carbons (Fsp3) is 0.600. The van der Waals surface area contributed by atoms with E-state index in [0.29, 0.717) is 0 Å². The number of hydrogen-bond acceptors (Lipinski definition) is 3. The van der Waals surface area contributed by atoms with Gasteiger partial charge in [-0.05, 0) is 25.6 Å². The van der Waals surface area contributed by atoms with Crippen LogP contribution in [0.5, 0.6) is 11.5 Å². The molecule has 1 aromatic rings. The van der Waals surface area contributed by atoms with Crippen LogP contribution in [0.15, 0.2) is 16.6 Å². The molecular formula is C15H24BrNO2. The molecule has 0 atom stereocenters. The molecule has 0 saturated heterocycles. The summed E-state index contributed by atoms with van der Waals surface area (Å²) in [6, 6.07) is 4.01. The van der Waals surface area contributed by atoms with Crippen LogP contribution in [0.25, 0.3) is 0 Å². The van der Waals surface area contributed by atoms with Gasteiger partial charge in [-0.25, -0.2) is 0 Å². The van der Waals surface area contributed by atoms with Crippen molar-refractivity contribution in [3.05, 3.63) is 22.2 Å². The first kappa shape index (κ1) is 16.3. The second-order valence-corrected chi connectivity index (χ2v) is 5.45. The summed E-state index contributed by atoms with van der Waals surface area (Å²) in [6.07, 6.45) is 4.82. The Kier molecular flexibility index (Phi) is 7.91. The molecule has 0 amide bonds. The van der Waals surface area contributed by atoms with E-state index in [9.17, 15) is 0 Å². The topological polar surface area (TPSA) is 30.5 Å². The maximum absolute atomic E-state index is 5.93. The Morgan fingerprint density at radius 3 is 2.63 bits per heavy atom. The van der Waals surface area contributed by atoms with E-state index in [4.69, 9.17) is 9.47 Å². The summed E-state index contributed by atoms with van der Waals surface area (Å²) in [5.74, 6) is 1.65. The quantitative estimate of drug-likeness (QED) is 0.691. The van der Waals surface area contributed by atoms with Gasteiger partial charge in [0.2, 0.25) is 0 Å². The van der Waals surface area contributed by atoms with E-state index in [0.717, 1.165) is 41.1 Å². The highest BCUT2D eigenvalue weighted by atomic mass is 79.9. The molecule has 0 aromatic heterocycles. The molecule has 0 aliphatic rings. The fourth-order valence-electron chi connectivity index (χ4n) is 1.96. The molecule has 4 heteroatoms. The molecule has 108 valence electrons. The Morgan fingerprint density at radius 1 is 1.21 bits per heavy atom. The van der Waals surface area contributed by atoms with Crippen LogP contribution in [0.3, 0.4) is 0 Å². The molecule has 0 aliphatic heterocycles. The molecule has 0 heterocycles. The maximum Gasteiger partial charge on any atom is 0.165 e. The molecule has 0 bridgehead atoms. The number of hydrogen-bond donors (Lipinski definition) is 1. The second-order valence-electron chi connectivity index (χ2n) is 4.54. The van der Waals surface area contributed by atoms with E-state index in [-0.39, 0.29) is 0 Å². The van der Waals surface area contributed by atoms with Crippen molar-refractivity contribution in [3.8, 4) is 11.5 Å². The highest BCUT2D eigenvalue weighted by Gasteiger charge is 2.12. The van der Waals surface area contributed by atoms with Crippen molar-refractivity contribution in [1.82, 2.24) is 5.32 Å². The predicted molar refractivity (Wildman–Crippen MR) is 83.1 cm³/mol. The summed E-state index contributed by atoms with van der Waals surface area (Å²) in [4.78, 5) is 0. The monoisotopic (exact) mass is 329 g/mol. The van der Waals surface area contributed by atoms with Crippen molar-refractivity contribution >= 4 is 15.9 Å². The Hall–Kier alpha value is -0.740. The first-order valence-electron chi connectivity index (χ1n) is 6.86. The third kappa shape index (κ3) is 5.41. The largest absolute Gasteiger partial charge is 0.493 e. The molecular weight excluding hydrogens is 306 g/mol. The summed E-state index contributed by atoms with van der Waals surface area (Å²) in [5.41, 5.74) is 1.12. The van der Waals surface area contributed by atoms with Crippen LogP contribution in [0.2, 0.25) is 0 Å². The zero-order valence-corrected chi connectivity index (χ0v) is 13.7. The summed E-state index contributed by atoms with van der Waals surface area (Å²) in [6.45, 7) is 3.72. The number of nitrogens with one attached hydrogen (secondary N) is 1. The first-order chi connectivity index (χ1) is 9.22. The zero-order chi connectivity index (χ0) is 14.1. The highest BCUT2D eigenvalue weighted by molar-refractivity contribution is 9.10. The minimum atomic E-state index is 0.745. The van der Waals surface area contributed by atoms with Crippen molar-refractivity contribution in [2.45, 2.75) is 39.2 Å².